The van der Waals surface area contributed by atoms with Crippen molar-refractivity contribution in [3.05, 3.63) is 60.3 Å². The number of amides is 1. The first-order chi connectivity index (χ1) is 18.7. The van der Waals surface area contributed by atoms with Gasteiger partial charge in [-0.2, -0.15) is 18.2 Å². The van der Waals surface area contributed by atoms with Crippen molar-refractivity contribution in [1.29, 1.82) is 0 Å². The second-order valence-corrected chi connectivity index (χ2v) is 8.96. The van der Waals surface area contributed by atoms with Crippen molar-refractivity contribution >= 4 is 23.4 Å². The molecule has 0 aliphatic carbocycles. The van der Waals surface area contributed by atoms with Crippen LogP contribution < -0.4 is 29.7 Å². The van der Waals surface area contributed by atoms with Crippen LogP contribution in [-0.4, -0.2) is 56.5 Å². The molecule has 2 unspecified atom stereocenters. The number of ether oxygens (including phenoxy) is 3. The second kappa shape index (κ2) is 12.1. The molecule has 1 saturated heterocycles. The molecule has 2 heterocycles. The number of aromatic nitrogens is 2. The number of rotatable bonds is 9. The molecule has 0 spiro atoms. The number of carbonyl (C=O) groups excluding carboxylic acids is 1. The van der Waals surface area contributed by atoms with E-state index in [2.05, 4.69) is 20.6 Å². The summed E-state index contributed by atoms with van der Waals surface area (Å²) < 4.78 is 57.4. The van der Waals surface area contributed by atoms with Crippen molar-refractivity contribution in [3.63, 3.8) is 0 Å². The fraction of sp³-hybridized carbons (Fsp3) is 0.370. The Bertz CT molecular complexity index is 1250. The Morgan fingerprint density at radius 2 is 1.74 bits per heavy atom. The molecule has 1 fully saturated rings. The van der Waals surface area contributed by atoms with Crippen LogP contribution in [0.25, 0.3) is 0 Å². The molecule has 12 heteroatoms. The Balaban J connectivity index is 1.48. The van der Waals surface area contributed by atoms with Crippen LogP contribution >= 0.6 is 0 Å². The SMILES string of the molecule is COc1cc(Nc2nccc(N3CCCC(C(=O)NC(c4ccccc4)C(F)(F)F)C3)n2)cc(OC)c1OC. The van der Waals surface area contributed by atoms with Gasteiger partial charge in [-0.25, -0.2) is 4.98 Å². The standard InChI is InChI=1S/C27H30F3N5O4/c1-37-20-14-19(15-21(38-2)23(20)39-3)32-26-31-12-11-22(33-26)35-13-7-10-18(16-35)25(36)34-24(27(28,29)30)17-8-5-4-6-9-17/h4-6,8-9,11-12,14-15,18,24H,7,10,13,16H2,1-3H3,(H,34,36)(H,31,32,33). The number of nitrogens with one attached hydrogen (secondary N) is 2. The van der Waals surface area contributed by atoms with Gasteiger partial charge in [0.25, 0.3) is 0 Å². The molecule has 0 bridgehead atoms. The maximum absolute atomic E-state index is 13.8. The lowest BCUT2D eigenvalue weighted by molar-refractivity contribution is -0.164. The molecule has 4 rings (SSSR count). The fourth-order valence-corrected chi connectivity index (χ4v) is 4.53. The van der Waals surface area contributed by atoms with Crippen molar-refractivity contribution in [2.24, 2.45) is 5.92 Å². The number of halogens is 3. The molecule has 9 nitrogen and oxygen atoms in total. The third-order valence-electron chi connectivity index (χ3n) is 6.42. The van der Waals surface area contributed by atoms with Gasteiger partial charge in [0, 0.05) is 37.1 Å². The summed E-state index contributed by atoms with van der Waals surface area (Å²) in [6.07, 6.45) is -1.95. The van der Waals surface area contributed by atoms with Crippen molar-refractivity contribution in [2.45, 2.75) is 25.1 Å². The monoisotopic (exact) mass is 545 g/mol. The van der Waals surface area contributed by atoms with E-state index in [1.807, 2.05) is 4.90 Å². The van der Waals surface area contributed by atoms with E-state index in [-0.39, 0.29) is 18.1 Å². The van der Waals surface area contributed by atoms with Crippen molar-refractivity contribution < 1.29 is 32.2 Å². The van der Waals surface area contributed by atoms with Crippen LogP contribution in [0.4, 0.5) is 30.6 Å². The predicted octanol–water partition coefficient (Wildman–Crippen LogP) is 4.88. The van der Waals surface area contributed by atoms with E-state index in [0.29, 0.717) is 48.1 Å². The lowest BCUT2D eigenvalue weighted by atomic mass is 9.96. The molecule has 1 amide bonds. The van der Waals surface area contributed by atoms with Gasteiger partial charge in [0.15, 0.2) is 17.5 Å². The summed E-state index contributed by atoms with van der Waals surface area (Å²) in [6.45, 7) is 0.831. The molecule has 2 atom stereocenters. The van der Waals surface area contributed by atoms with Gasteiger partial charge >= 0.3 is 6.18 Å². The number of methoxy groups -OCH3 is 3. The van der Waals surface area contributed by atoms with Gasteiger partial charge in [-0.1, -0.05) is 30.3 Å². The Morgan fingerprint density at radius 1 is 1.05 bits per heavy atom. The molecule has 3 aromatic rings. The molecule has 2 aromatic carbocycles. The number of piperidine rings is 1. The first-order valence-electron chi connectivity index (χ1n) is 12.3. The Morgan fingerprint density at radius 3 is 2.36 bits per heavy atom. The summed E-state index contributed by atoms with van der Waals surface area (Å²) in [4.78, 5) is 23.7. The molecule has 39 heavy (non-hydrogen) atoms. The highest BCUT2D eigenvalue weighted by Gasteiger charge is 2.43. The van der Waals surface area contributed by atoms with Crippen LogP contribution in [0, 0.1) is 5.92 Å². The zero-order valence-corrected chi connectivity index (χ0v) is 21.8. The minimum absolute atomic E-state index is 0.00988. The van der Waals surface area contributed by atoms with Crippen LogP contribution in [0.1, 0.15) is 24.4 Å². The third-order valence-corrected chi connectivity index (χ3v) is 6.42. The highest BCUT2D eigenvalue weighted by atomic mass is 19.4. The quantitative estimate of drug-likeness (QED) is 0.393. The Hall–Kier alpha value is -4.22. The van der Waals surface area contributed by atoms with E-state index in [1.54, 1.807) is 30.5 Å². The highest BCUT2D eigenvalue weighted by Crippen LogP contribution is 2.40. The number of benzene rings is 2. The van der Waals surface area contributed by atoms with Crippen LogP contribution in [-0.2, 0) is 4.79 Å². The molecule has 1 aliphatic rings. The van der Waals surface area contributed by atoms with Gasteiger partial charge in [-0.15, -0.1) is 0 Å². The van der Waals surface area contributed by atoms with Gasteiger partial charge in [0.2, 0.25) is 17.6 Å². The van der Waals surface area contributed by atoms with E-state index in [1.165, 1.54) is 45.6 Å². The van der Waals surface area contributed by atoms with Crippen LogP contribution in [0.3, 0.4) is 0 Å². The normalized spacial score (nSPS) is 16.3. The van der Waals surface area contributed by atoms with Gasteiger partial charge in [-0.3, -0.25) is 4.79 Å². The number of hydrogen-bond acceptors (Lipinski definition) is 8. The van der Waals surface area contributed by atoms with Gasteiger partial charge in [0.05, 0.1) is 27.2 Å². The summed E-state index contributed by atoms with van der Waals surface area (Å²) in [5.74, 6) is 0.908. The largest absolute Gasteiger partial charge is 0.493 e. The smallest absolute Gasteiger partial charge is 0.412 e. The summed E-state index contributed by atoms with van der Waals surface area (Å²) in [5.41, 5.74) is 0.584. The Labute approximate surface area is 224 Å². The summed E-state index contributed by atoms with van der Waals surface area (Å²) >= 11 is 0. The first-order valence-corrected chi connectivity index (χ1v) is 12.3. The van der Waals surface area contributed by atoms with E-state index in [9.17, 15) is 18.0 Å². The average molecular weight is 546 g/mol. The lowest BCUT2D eigenvalue weighted by Gasteiger charge is -2.34. The number of carbonyl (C=O) groups is 1. The first kappa shape index (κ1) is 27.8. The van der Waals surface area contributed by atoms with Gasteiger partial charge in [-0.05, 0) is 24.5 Å². The summed E-state index contributed by atoms with van der Waals surface area (Å²) in [6, 6.07) is 10.4. The topological polar surface area (TPSA) is 97.8 Å². The van der Waals surface area contributed by atoms with Crippen LogP contribution in [0.15, 0.2) is 54.7 Å². The molecular formula is C27H30F3N5O4. The highest BCUT2D eigenvalue weighted by molar-refractivity contribution is 5.80. The molecule has 2 N–H and O–H groups in total. The fourth-order valence-electron chi connectivity index (χ4n) is 4.53. The van der Waals surface area contributed by atoms with Crippen LogP contribution in [0.2, 0.25) is 0 Å². The number of alkyl halides is 3. The minimum Gasteiger partial charge on any atom is -0.493 e. The maximum atomic E-state index is 13.8. The van der Waals surface area contributed by atoms with Crippen molar-refractivity contribution in [1.82, 2.24) is 15.3 Å². The zero-order chi connectivity index (χ0) is 28.0. The van der Waals surface area contributed by atoms with E-state index in [4.69, 9.17) is 14.2 Å². The van der Waals surface area contributed by atoms with Crippen molar-refractivity contribution in [2.75, 3.05) is 44.6 Å². The molecule has 0 radical (unpaired) electrons. The van der Waals surface area contributed by atoms with Crippen molar-refractivity contribution in [3.8, 4) is 17.2 Å². The predicted molar refractivity (Wildman–Crippen MR) is 140 cm³/mol. The van der Waals surface area contributed by atoms with Gasteiger partial charge in [0.1, 0.15) is 5.82 Å². The molecular weight excluding hydrogens is 515 g/mol. The number of hydrogen-bond donors (Lipinski definition) is 2. The maximum Gasteiger partial charge on any atom is 0.412 e. The van der Waals surface area contributed by atoms with E-state index < -0.39 is 24.0 Å². The zero-order valence-electron chi connectivity index (χ0n) is 21.8. The second-order valence-electron chi connectivity index (χ2n) is 8.96. The Kier molecular flexibility index (Phi) is 8.62. The molecule has 0 saturated carbocycles. The third kappa shape index (κ3) is 6.62. The lowest BCUT2D eigenvalue weighted by Crippen LogP contribution is -2.46. The number of anilines is 3. The molecule has 208 valence electrons. The van der Waals surface area contributed by atoms with E-state index in [0.717, 1.165) is 0 Å². The minimum atomic E-state index is -4.62. The molecule has 1 aliphatic heterocycles. The summed E-state index contributed by atoms with van der Waals surface area (Å²) in [5, 5.41) is 5.33. The molecule has 1 aromatic heterocycles. The summed E-state index contributed by atoms with van der Waals surface area (Å²) in [7, 11) is 4.53. The van der Waals surface area contributed by atoms with Gasteiger partial charge < -0.3 is 29.7 Å². The number of nitrogens with zero attached hydrogens (tertiary/aromatic N) is 3. The average Bonchev–Trinajstić information content (AvgIpc) is 2.95. The van der Waals surface area contributed by atoms with Crippen LogP contribution in [0.5, 0.6) is 17.2 Å². The van der Waals surface area contributed by atoms with E-state index >= 15 is 0 Å².